The summed E-state index contributed by atoms with van der Waals surface area (Å²) in [5.74, 6) is 3.07. The van der Waals surface area contributed by atoms with Crippen molar-refractivity contribution in [2.45, 2.75) is 58.0 Å². The number of rotatable bonds is 4. The Hall–Kier alpha value is -0.830. The molecule has 1 aromatic rings. The molecule has 4 bridgehead atoms. The zero-order chi connectivity index (χ0) is 13.7. The number of aromatic nitrogens is 2. The highest BCUT2D eigenvalue weighted by Gasteiger charge is 2.53. The average Bonchev–Trinajstić information content (AvgIpc) is 2.79. The number of aryl methyl sites for hydroxylation is 1. The fraction of sp³-hybridized carbons (Fsp3) is 0.824. The van der Waals surface area contributed by atoms with Crippen molar-refractivity contribution >= 4 is 0 Å². The maximum atomic E-state index is 4.51. The molecule has 1 aromatic heterocycles. The Kier molecular flexibility index (Phi) is 2.95. The molecule has 1 N–H and O–H groups in total. The predicted octanol–water partition coefficient (Wildman–Crippen LogP) is 3.00. The Labute approximate surface area is 122 Å². The molecule has 0 aromatic carbocycles. The molecule has 0 spiro atoms. The summed E-state index contributed by atoms with van der Waals surface area (Å²) >= 11 is 0. The van der Waals surface area contributed by atoms with Crippen LogP contribution in [0.4, 0.5) is 0 Å². The molecule has 4 aliphatic carbocycles. The summed E-state index contributed by atoms with van der Waals surface area (Å²) in [5.41, 5.74) is 1.84. The third kappa shape index (κ3) is 1.93. The molecule has 110 valence electrons. The zero-order valence-electron chi connectivity index (χ0n) is 12.8. The van der Waals surface area contributed by atoms with Gasteiger partial charge in [0.05, 0.1) is 6.54 Å². The molecule has 1 atom stereocenters. The van der Waals surface area contributed by atoms with Crippen molar-refractivity contribution in [3.05, 3.63) is 18.0 Å². The van der Waals surface area contributed by atoms with Gasteiger partial charge in [-0.15, -0.1) is 0 Å². The molecule has 20 heavy (non-hydrogen) atoms. The number of hydrogen-bond donors (Lipinski definition) is 1. The van der Waals surface area contributed by atoms with Crippen LogP contribution < -0.4 is 5.32 Å². The summed E-state index contributed by atoms with van der Waals surface area (Å²) in [6.07, 6.45) is 10.9. The van der Waals surface area contributed by atoms with Gasteiger partial charge in [0.15, 0.2) is 0 Å². The second-order valence-electron chi connectivity index (χ2n) is 7.78. The summed E-state index contributed by atoms with van der Waals surface area (Å²) in [6, 6.07) is 2.71. The molecule has 0 radical (unpaired) electrons. The van der Waals surface area contributed by atoms with Crippen molar-refractivity contribution in [3.8, 4) is 0 Å². The Morgan fingerprint density at radius 3 is 2.30 bits per heavy atom. The topological polar surface area (TPSA) is 29.9 Å². The number of nitrogens with one attached hydrogen (secondary N) is 1. The Morgan fingerprint density at radius 2 is 1.85 bits per heavy atom. The largest absolute Gasteiger partial charge is 0.315 e. The van der Waals surface area contributed by atoms with E-state index in [0.717, 1.165) is 24.3 Å². The van der Waals surface area contributed by atoms with E-state index in [9.17, 15) is 0 Å². The van der Waals surface area contributed by atoms with Gasteiger partial charge in [-0.25, -0.2) is 0 Å². The summed E-state index contributed by atoms with van der Waals surface area (Å²) in [4.78, 5) is 0. The highest BCUT2D eigenvalue weighted by atomic mass is 15.3. The molecule has 3 heteroatoms. The number of nitrogens with zero attached hydrogens (tertiary/aromatic N) is 2. The maximum absolute atomic E-state index is 4.51. The van der Waals surface area contributed by atoms with Crippen LogP contribution in [0.5, 0.6) is 0 Å². The van der Waals surface area contributed by atoms with Crippen molar-refractivity contribution in [1.29, 1.82) is 0 Å². The lowest BCUT2D eigenvalue weighted by Crippen LogP contribution is -2.56. The van der Waals surface area contributed by atoms with Crippen molar-refractivity contribution in [2.24, 2.45) is 23.2 Å². The molecule has 1 heterocycles. The third-order valence-electron chi connectivity index (χ3n) is 6.46. The SMILES string of the molecule is CNC(Cn1nccc1C)C12CC3CC(CC(C3)C1)C2. The predicted molar refractivity (Wildman–Crippen MR) is 80.4 cm³/mol. The molecule has 1 unspecified atom stereocenters. The Balaban J connectivity index is 1.59. The van der Waals surface area contributed by atoms with Crippen LogP contribution in [0.15, 0.2) is 12.3 Å². The minimum atomic E-state index is 0.557. The minimum absolute atomic E-state index is 0.557. The summed E-state index contributed by atoms with van der Waals surface area (Å²) in [7, 11) is 2.15. The van der Waals surface area contributed by atoms with Gasteiger partial charge >= 0.3 is 0 Å². The second kappa shape index (κ2) is 4.59. The van der Waals surface area contributed by atoms with Crippen LogP contribution in [-0.2, 0) is 6.54 Å². The van der Waals surface area contributed by atoms with Gasteiger partial charge in [-0.05, 0) is 81.7 Å². The van der Waals surface area contributed by atoms with E-state index in [1.54, 1.807) is 0 Å². The molecule has 5 rings (SSSR count). The molecular formula is C17H27N3. The molecule has 0 amide bonds. The first-order valence-corrected chi connectivity index (χ1v) is 8.34. The second-order valence-corrected chi connectivity index (χ2v) is 7.78. The van der Waals surface area contributed by atoms with Crippen molar-refractivity contribution in [2.75, 3.05) is 7.05 Å². The van der Waals surface area contributed by atoms with Crippen molar-refractivity contribution < 1.29 is 0 Å². The van der Waals surface area contributed by atoms with Gasteiger partial charge in [0, 0.05) is 17.9 Å². The van der Waals surface area contributed by atoms with E-state index in [2.05, 4.69) is 35.1 Å². The highest BCUT2D eigenvalue weighted by Crippen LogP contribution is 2.61. The highest BCUT2D eigenvalue weighted by molar-refractivity contribution is 5.07. The standard InChI is InChI=1S/C17H27N3/c1-12-3-4-19-20(12)11-16(18-2)17-8-13-5-14(9-17)7-15(6-13)10-17/h3-4,13-16,18H,5-11H2,1-2H3. The van der Waals surface area contributed by atoms with Crippen molar-refractivity contribution in [1.82, 2.24) is 15.1 Å². The van der Waals surface area contributed by atoms with Gasteiger partial charge < -0.3 is 5.32 Å². The van der Waals surface area contributed by atoms with E-state index in [-0.39, 0.29) is 0 Å². The molecule has 3 nitrogen and oxygen atoms in total. The third-order valence-corrected chi connectivity index (χ3v) is 6.46. The van der Waals surface area contributed by atoms with E-state index in [4.69, 9.17) is 0 Å². The van der Waals surface area contributed by atoms with Crippen LogP contribution in [-0.4, -0.2) is 22.9 Å². The first kappa shape index (κ1) is 12.9. The smallest absolute Gasteiger partial charge is 0.0571 e. The number of hydrogen-bond acceptors (Lipinski definition) is 2. The molecule has 0 aliphatic heterocycles. The first-order chi connectivity index (χ1) is 9.68. The van der Waals surface area contributed by atoms with Crippen LogP contribution in [0.25, 0.3) is 0 Å². The van der Waals surface area contributed by atoms with Crippen LogP contribution in [0.2, 0.25) is 0 Å². The molecule has 0 saturated heterocycles. The monoisotopic (exact) mass is 273 g/mol. The van der Waals surface area contributed by atoms with Crippen LogP contribution in [0, 0.1) is 30.1 Å². The minimum Gasteiger partial charge on any atom is -0.315 e. The zero-order valence-corrected chi connectivity index (χ0v) is 12.8. The molecule has 4 fully saturated rings. The van der Waals surface area contributed by atoms with E-state index in [0.29, 0.717) is 11.5 Å². The van der Waals surface area contributed by atoms with Gasteiger partial charge in [0.25, 0.3) is 0 Å². The first-order valence-electron chi connectivity index (χ1n) is 8.34. The summed E-state index contributed by atoms with van der Waals surface area (Å²) in [5, 5.41) is 8.17. The Morgan fingerprint density at radius 1 is 1.25 bits per heavy atom. The molecule has 4 aliphatic rings. The van der Waals surface area contributed by atoms with Crippen molar-refractivity contribution in [3.63, 3.8) is 0 Å². The molecule has 4 saturated carbocycles. The fourth-order valence-corrected chi connectivity index (χ4v) is 5.96. The number of likely N-dealkylation sites (N-methyl/N-ethyl adjacent to an activating group) is 1. The normalized spacial score (nSPS) is 40.2. The maximum Gasteiger partial charge on any atom is 0.0571 e. The molecular weight excluding hydrogens is 246 g/mol. The van der Waals surface area contributed by atoms with Gasteiger partial charge in [-0.1, -0.05) is 0 Å². The average molecular weight is 273 g/mol. The summed E-state index contributed by atoms with van der Waals surface area (Å²) in [6.45, 7) is 3.21. The van der Waals surface area contributed by atoms with Gasteiger partial charge in [-0.3, -0.25) is 4.68 Å². The van der Waals surface area contributed by atoms with Crippen LogP contribution in [0.3, 0.4) is 0 Å². The van der Waals surface area contributed by atoms with Gasteiger partial charge in [-0.2, -0.15) is 5.10 Å². The lowest BCUT2D eigenvalue weighted by atomic mass is 9.47. The lowest BCUT2D eigenvalue weighted by molar-refractivity contribution is -0.0759. The fourth-order valence-electron chi connectivity index (χ4n) is 5.96. The van der Waals surface area contributed by atoms with E-state index in [1.807, 2.05) is 6.20 Å². The van der Waals surface area contributed by atoms with Gasteiger partial charge in [0.2, 0.25) is 0 Å². The lowest BCUT2D eigenvalue weighted by Gasteiger charge is -2.59. The van der Waals surface area contributed by atoms with E-state index < -0.39 is 0 Å². The van der Waals surface area contributed by atoms with Gasteiger partial charge in [0.1, 0.15) is 0 Å². The van der Waals surface area contributed by atoms with Crippen LogP contribution in [0.1, 0.15) is 44.2 Å². The Bertz CT molecular complexity index is 455. The van der Waals surface area contributed by atoms with E-state index >= 15 is 0 Å². The van der Waals surface area contributed by atoms with E-state index in [1.165, 1.54) is 44.2 Å². The van der Waals surface area contributed by atoms with Crippen LogP contribution >= 0.6 is 0 Å². The quantitative estimate of drug-likeness (QED) is 0.914. The summed E-state index contributed by atoms with van der Waals surface area (Å²) < 4.78 is 2.19.